The number of aryl methyl sites for hydroxylation is 2. The maximum Gasteiger partial charge on any atom is 0.123 e. The zero-order valence-electron chi connectivity index (χ0n) is 9.43. The summed E-state index contributed by atoms with van der Waals surface area (Å²) in [6, 6.07) is 6.69. The molecule has 0 nitrogen and oxygen atoms in total. The Morgan fingerprint density at radius 1 is 1.29 bits per heavy atom. The van der Waals surface area contributed by atoms with Gasteiger partial charge in [-0.15, -0.1) is 22.9 Å². The summed E-state index contributed by atoms with van der Waals surface area (Å²) in [6.07, 6.45) is 0. The van der Waals surface area contributed by atoms with Gasteiger partial charge in [-0.1, -0.05) is 15.9 Å². The number of benzene rings is 1. The van der Waals surface area contributed by atoms with Crippen LogP contribution in [0.3, 0.4) is 0 Å². The van der Waals surface area contributed by atoms with Crippen LogP contribution in [0.15, 0.2) is 28.7 Å². The molecule has 0 bridgehead atoms. The molecule has 1 heterocycles. The highest BCUT2D eigenvalue weighted by molar-refractivity contribution is 9.10. The van der Waals surface area contributed by atoms with E-state index in [0.29, 0.717) is 0 Å². The van der Waals surface area contributed by atoms with Crippen LogP contribution in [0.5, 0.6) is 0 Å². The summed E-state index contributed by atoms with van der Waals surface area (Å²) in [7, 11) is 0. The predicted octanol–water partition coefficient (Wildman–Crippen LogP) is 5.59. The summed E-state index contributed by atoms with van der Waals surface area (Å²) in [5.41, 5.74) is 1.93. The first-order valence-corrected chi connectivity index (χ1v) is 7.19. The number of rotatable bonds is 2. The van der Waals surface area contributed by atoms with E-state index in [9.17, 15) is 4.39 Å². The largest absolute Gasteiger partial charge is 0.207 e. The van der Waals surface area contributed by atoms with Crippen molar-refractivity contribution in [3.63, 3.8) is 0 Å². The van der Waals surface area contributed by atoms with E-state index < -0.39 is 0 Å². The highest BCUT2D eigenvalue weighted by atomic mass is 79.9. The van der Waals surface area contributed by atoms with Gasteiger partial charge in [0.15, 0.2) is 0 Å². The molecule has 0 aliphatic heterocycles. The van der Waals surface area contributed by atoms with Gasteiger partial charge in [-0.2, -0.15) is 0 Å². The van der Waals surface area contributed by atoms with Crippen molar-refractivity contribution in [2.45, 2.75) is 19.2 Å². The Bertz CT molecular complexity index is 550. The fourth-order valence-corrected chi connectivity index (χ4v) is 3.89. The molecule has 0 saturated heterocycles. The first-order chi connectivity index (χ1) is 7.99. The Morgan fingerprint density at radius 2 is 2.00 bits per heavy atom. The smallest absolute Gasteiger partial charge is 0.123 e. The van der Waals surface area contributed by atoms with Crippen molar-refractivity contribution in [3.8, 4) is 0 Å². The van der Waals surface area contributed by atoms with Crippen LogP contribution >= 0.6 is 38.9 Å². The van der Waals surface area contributed by atoms with Gasteiger partial charge in [-0.3, -0.25) is 0 Å². The van der Waals surface area contributed by atoms with Gasteiger partial charge in [0.05, 0.1) is 5.38 Å². The summed E-state index contributed by atoms with van der Waals surface area (Å²) >= 11 is 11.5. The third-order valence-corrected chi connectivity index (χ3v) is 5.06. The molecule has 0 amide bonds. The Morgan fingerprint density at radius 3 is 2.59 bits per heavy atom. The molecule has 0 aliphatic rings. The fraction of sp³-hybridized carbons (Fsp3) is 0.231. The molecule has 1 unspecified atom stereocenters. The second kappa shape index (κ2) is 5.09. The molecule has 1 atom stereocenters. The van der Waals surface area contributed by atoms with Gasteiger partial charge in [0.2, 0.25) is 0 Å². The molecular formula is C13H11BrClFS. The number of alkyl halides is 1. The summed E-state index contributed by atoms with van der Waals surface area (Å²) in [5, 5.41) is -0.307. The molecule has 0 N–H and O–H groups in total. The quantitative estimate of drug-likeness (QED) is 0.628. The van der Waals surface area contributed by atoms with Crippen LogP contribution in [0.1, 0.15) is 26.3 Å². The maximum atomic E-state index is 13.3. The minimum absolute atomic E-state index is 0.264. The third-order valence-electron chi connectivity index (χ3n) is 2.54. The van der Waals surface area contributed by atoms with Gasteiger partial charge in [-0.25, -0.2) is 4.39 Å². The van der Waals surface area contributed by atoms with Crippen molar-refractivity contribution in [1.82, 2.24) is 0 Å². The summed E-state index contributed by atoms with van der Waals surface area (Å²) in [5.74, 6) is -0.264. The van der Waals surface area contributed by atoms with Crippen molar-refractivity contribution in [1.29, 1.82) is 0 Å². The van der Waals surface area contributed by atoms with Crippen molar-refractivity contribution in [3.05, 3.63) is 55.4 Å². The van der Waals surface area contributed by atoms with E-state index in [-0.39, 0.29) is 11.2 Å². The highest BCUT2D eigenvalue weighted by Gasteiger charge is 2.18. The SMILES string of the molecule is Cc1cc(C)c(C(Cl)c2cc(F)ccc2Br)s1. The second-order valence-corrected chi connectivity index (χ2v) is 6.51. The standard InChI is InChI=1S/C13H11BrClFS/c1-7-5-8(2)17-13(7)12(15)10-6-9(16)3-4-11(10)14/h3-6,12H,1-2H3. The van der Waals surface area contributed by atoms with E-state index in [2.05, 4.69) is 22.0 Å². The maximum absolute atomic E-state index is 13.3. The Labute approximate surface area is 118 Å². The van der Waals surface area contributed by atoms with E-state index in [1.165, 1.54) is 17.0 Å². The van der Waals surface area contributed by atoms with E-state index in [0.717, 1.165) is 20.5 Å². The minimum Gasteiger partial charge on any atom is -0.207 e. The second-order valence-electron chi connectivity index (χ2n) is 3.93. The highest BCUT2D eigenvalue weighted by Crippen LogP contribution is 2.39. The van der Waals surface area contributed by atoms with Crippen molar-refractivity contribution in [2.75, 3.05) is 0 Å². The lowest BCUT2D eigenvalue weighted by molar-refractivity contribution is 0.625. The molecule has 0 aliphatic carbocycles. The molecular weight excluding hydrogens is 323 g/mol. The van der Waals surface area contributed by atoms with E-state index in [4.69, 9.17) is 11.6 Å². The Balaban J connectivity index is 2.46. The minimum atomic E-state index is -0.307. The molecule has 2 rings (SSSR count). The van der Waals surface area contributed by atoms with Crippen LogP contribution in [0, 0.1) is 19.7 Å². The lowest BCUT2D eigenvalue weighted by Gasteiger charge is -2.11. The van der Waals surface area contributed by atoms with Crippen molar-refractivity contribution < 1.29 is 4.39 Å². The van der Waals surface area contributed by atoms with E-state index in [1.54, 1.807) is 17.4 Å². The molecule has 1 aromatic heterocycles. The summed E-state index contributed by atoms with van der Waals surface area (Å²) < 4.78 is 14.1. The molecule has 0 fully saturated rings. The van der Waals surface area contributed by atoms with Crippen molar-refractivity contribution >= 4 is 38.9 Å². The van der Waals surface area contributed by atoms with Crippen LogP contribution in [0.4, 0.5) is 4.39 Å². The molecule has 2 aromatic rings. The van der Waals surface area contributed by atoms with Crippen LogP contribution in [-0.2, 0) is 0 Å². The first kappa shape index (κ1) is 13.1. The molecule has 90 valence electrons. The van der Waals surface area contributed by atoms with Gasteiger partial charge in [0.1, 0.15) is 5.82 Å². The lowest BCUT2D eigenvalue weighted by Crippen LogP contribution is -1.94. The molecule has 17 heavy (non-hydrogen) atoms. The van der Waals surface area contributed by atoms with Gasteiger partial charge in [0, 0.05) is 14.2 Å². The zero-order valence-corrected chi connectivity index (χ0v) is 12.6. The van der Waals surface area contributed by atoms with Gasteiger partial charge in [-0.05, 0) is 49.2 Å². The Kier molecular flexibility index (Phi) is 3.91. The zero-order chi connectivity index (χ0) is 12.6. The van der Waals surface area contributed by atoms with Crippen LogP contribution in [0.2, 0.25) is 0 Å². The Hall–Kier alpha value is -0.380. The van der Waals surface area contributed by atoms with E-state index in [1.807, 2.05) is 13.8 Å². The first-order valence-electron chi connectivity index (χ1n) is 5.15. The average Bonchev–Trinajstić information content (AvgIpc) is 2.60. The number of halogens is 3. The van der Waals surface area contributed by atoms with E-state index >= 15 is 0 Å². The summed E-state index contributed by atoms with van der Waals surface area (Å²) in [4.78, 5) is 2.30. The molecule has 1 aromatic carbocycles. The van der Waals surface area contributed by atoms with Crippen molar-refractivity contribution in [2.24, 2.45) is 0 Å². The van der Waals surface area contributed by atoms with Gasteiger partial charge >= 0.3 is 0 Å². The van der Waals surface area contributed by atoms with Gasteiger partial charge in [0.25, 0.3) is 0 Å². The number of hydrogen-bond acceptors (Lipinski definition) is 1. The van der Waals surface area contributed by atoms with Gasteiger partial charge < -0.3 is 0 Å². The number of hydrogen-bond donors (Lipinski definition) is 0. The normalized spacial score (nSPS) is 12.8. The fourth-order valence-electron chi connectivity index (χ4n) is 1.76. The third kappa shape index (κ3) is 2.72. The molecule has 0 saturated carbocycles. The predicted molar refractivity (Wildman–Crippen MR) is 75.6 cm³/mol. The van der Waals surface area contributed by atoms with Crippen LogP contribution in [0.25, 0.3) is 0 Å². The monoisotopic (exact) mass is 332 g/mol. The topological polar surface area (TPSA) is 0 Å². The average molecular weight is 334 g/mol. The molecule has 0 spiro atoms. The van der Waals surface area contributed by atoms with Crippen LogP contribution in [-0.4, -0.2) is 0 Å². The lowest BCUT2D eigenvalue weighted by atomic mass is 10.1. The van der Waals surface area contributed by atoms with Crippen LogP contribution < -0.4 is 0 Å². The number of thiophene rings is 1. The molecule has 4 heteroatoms. The summed E-state index contributed by atoms with van der Waals surface area (Å²) in [6.45, 7) is 4.08. The molecule has 0 radical (unpaired) electrons.